The second-order valence-corrected chi connectivity index (χ2v) is 3.96. The Morgan fingerprint density at radius 3 is 2.93 bits per heavy atom. The van der Waals surface area contributed by atoms with Gasteiger partial charge in [-0.1, -0.05) is 0 Å². The van der Waals surface area contributed by atoms with E-state index in [4.69, 9.17) is 4.42 Å². The Morgan fingerprint density at radius 1 is 1.50 bits per heavy atom. The van der Waals surface area contributed by atoms with Crippen molar-refractivity contribution in [3.8, 4) is 0 Å². The second-order valence-electron chi connectivity index (χ2n) is 3.18. The van der Waals surface area contributed by atoms with E-state index in [9.17, 15) is 4.79 Å². The molecular formula is C9H11BrN2O2. The summed E-state index contributed by atoms with van der Waals surface area (Å²) in [6.07, 6.45) is 2.16. The summed E-state index contributed by atoms with van der Waals surface area (Å²) in [6.45, 7) is 1.60. The normalized spacial score (nSPS) is 17.1. The number of nitrogens with one attached hydrogen (secondary N) is 1. The molecule has 0 bridgehead atoms. The quantitative estimate of drug-likeness (QED) is 0.836. The molecule has 0 aromatic carbocycles. The molecule has 0 saturated carbocycles. The monoisotopic (exact) mass is 258 g/mol. The Balaban J connectivity index is 2.07. The largest absolute Gasteiger partial charge is 0.444 e. The molecule has 0 unspecified atom stereocenters. The van der Waals surface area contributed by atoms with Crippen LogP contribution in [0.4, 0.5) is 0 Å². The maximum atomic E-state index is 11.8. The Bertz CT molecular complexity index is 331. The molecule has 1 fully saturated rings. The highest BCUT2D eigenvalue weighted by Gasteiger charge is 2.20. The molecular weight excluding hydrogens is 248 g/mol. The molecule has 1 aliphatic heterocycles. The first-order chi connectivity index (χ1) is 6.77. The van der Waals surface area contributed by atoms with Crippen LogP contribution in [0.2, 0.25) is 0 Å². The average Bonchev–Trinajstić information content (AvgIpc) is 2.65. The number of hydrazine groups is 1. The third kappa shape index (κ3) is 1.99. The van der Waals surface area contributed by atoms with Crippen LogP contribution in [0.15, 0.2) is 21.2 Å². The van der Waals surface area contributed by atoms with Gasteiger partial charge in [0.25, 0.3) is 0 Å². The van der Waals surface area contributed by atoms with Crippen molar-refractivity contribution in [2.24, 2.45) is 0 Å². The number of halogens is 1. The first-order valence-corrected chi connectivity index (χ1v) is 5.37. The van der Waals surface area contributed by atoms with Gasteiger partial charge in [-0.05, 0) is 40.9 Å². The van der Waals surface area contributed by atoms with Crippen LogP contribution in [0.1, 0.15) is 23.4 Å². The number of furan rings is 1. The zero-order valence-electron chi connectivity index (χ0n) is 7.62. The Hall–Kier alpha value is -0.810. The summed E-state index contributed by atoms with van der Waals surface area (Å²) in [5.74, 6) is 0.265. The van der Waals surface area contributed by atoms with Gasteiger partial charge >= 0.3 is 5.91 Å². The van der Waals surface area contributed by atoms with Gasteiger partial charge in [-0.25, -0.2) is 5.43 Å². The summed E-state index contributed by atoms with van der Waals surface area (Å²) >= 11 is 3.17. The van der Waals surface area contributed by atoms with Crippen molar-refractivity contribution < 1.29 is 9.21 Å². The predicted octanol–water partition coefficient (Wildman–Crippen LogP) is 1.78. The van der Waals surface area contributed by atoms with Crippen LogP contribution in [-0.2, 0) is 0 Å². The van der Waals surface area contributed by atoms with Crippen molar-refractivity contribution in [1.29, 1.82) is 0 Å². The van der Waals surface area contributed by atoms with Crippen LogP contribution in [0.5, 0.6) is 0 Å². The highest BCUT2D eigenvalue weighted by atomic mass is 79.9. The fourth-order valence-electron chi connectivity index (χ4n) is 1.42. The lowest BCUT2D eigenvalue weighted by atomic mass is 10.2. The minimum Gasteiger partial charge on any atom is -0.444 e. The van der Waals surface area contributed by atoms with Gasteiger partial charge in [0.2, 0.25) is 0 Å². The van der Waals surface area contributed by atoms with Crippen LogP contribution in [0.3, 0.4) is 0 Å². The Kier molecular flexibility index (Phi) is 2.88. The third-order valence-corrected chi connectivity index (χ3v) is 2.57. The van der Waals surface area contributed by atoms with Gasteiger partial charge in [0.15, 0.2) is 10.4 Å². The van der Waals surface area contributed by atoms with Gasteiger partial charge in [0.1, 0.15) is 0 Å². The van der Waals surface area contributed by atoms with E-state index in [0.29, 0.717) is 10.4 Å². The van der Waals surface area contributed by atoms with Gasteiger partial charge in [-0.2, -0.15) is 0 Å². The van der Waals surface area contributed by atoms with Crippen molar-refractivity contribution in [2.45, 2.75) is 12.8 Å². The van der Waals surface area contributed by atoms with E-state index in [0.717, 1.165) is 25.9 Å². The molecule has 0 radical (unpaired) electrons. The molecule has 1 aliphatic rings. The molecule has 1 aromatic rings. The van der Waals surface area contributed by atoms with E-state index in [1.807, 2.05) is 0 Å². The number of carbonyl (C=O) groups excluding carboxylic acids is 1. The molecule has 0 spiro atoms. The van der Waals surface area contributed by atoms with Crippen LogP contribution >= 0.6 is 15.9 Å². The molecule has 0 aliphatic carbocycles. The van der Waals surface area contributed by atoms with Gasteiger partial charge in [-0.15, -0.1) is 0 Å². The van der Waals surface area contributed by atoms with E-state index < -0.39 is 0 Å². The molecule has 1 saturated heterocycles. The molecule has 2 rings (SSSR count). The molecule has 2 heterocycles. The SMILES string of the molecule is O=C(c1ccc(Br)o1)N1CCCCN1. The van der Waals surface area contributed by atoms with Crippen LogP contribution < -0.4 is 5.43 Å². The first-order valence-electron chi connectivity index (χ1n) is 4.58. The molecule has 1 amide bonds. The third-order valence-electron chi connectivity index (χ3n) is 2.14. The maximum absolute atomic E-state index is 11.8. The number of nitrogens with zero attached hydrogens (tertiary/aromatic N) is 1. The molecule has 76 valence electrons. The minimum absolute atomic E-state index is 0.101. The van der Waals surface area contributed by atoms with Crippen molar-refractivity contribution in [3.63, 3.8) is 0 Å². The summed E-state index contributed by atoms with van der Waals surface area (Å²) < 4.78 is 5.77. The lowest BCUT2D eigenvalue weighted by molar-refractivity contribution is 0.0576. The number of rotatable bonds is 1. The number of carbonyl (C=O) groups is 1. The zero-order valence-corrected chi connectivity index (χ0v) is 9.21. The molecule has 5 heteroatoms. The second kappa shape index (κ2) is 4.14. The molecule has 4 nitrogen and oxygen atoms in total. The van der Waals surface area contributed by atoms with Crippen LogP contribution in [0, 0.1) is 0 Å². The van der Waals surface area contributed by atoms with Crippen LogP contribution in [0.25, 0.3) is 0 Å². The molecule has 14 heavy (non-hydrogen) atoms. The molecule has 0 atom stereocenters. The van der Waals surface area contributed by atoms with E-state index in [1.165, 1.54) is 0 Å². The van der Waals surface area contributed by atoms with Crippen molar-refractivity contribution in [3.05, 3.63) is 22.6 Å². The smallest absolute Gasteiger partial charge is 0.303 e. The van der Waals surface area contributed by atoms with Gasteiger partial charge < -0.3 is 4.42 Å². The average molecular weight is 259 g/mol. The summed E-state index contributed by atoms with van der Waals surface area (Å²) in [5, 5.41) is 1.61. The minimum atomic E-state index is -0.101. The lowest BCUT2D eigenvalue weighted by Crippen LogP contribution is -2.46. The highest BCUT2D eigenvalue weighted by molar-refractivity contribution is 9.10. The zero-order chi connectivity index (χ0) is 9.97. The van der Waals surface area contributed by atoms with E-state index >= 15 is 0 Å². The Labute approximate surface area is 90.4 Å². The summed E-state index contributed by atoms with van der Waals surface area (Å²) in [6, 6.07) is 3.39. The number of hydrogen-bond acceptors (Lipinski definition) is 3. The predicted molar refractivity (Wildman–Crippen MR) is 54.7 cm³/mol. The van der Waals surface area contributed by atoms with E-state index in [1.54, 1.807) is 17.1 Å². The van der Waals surface area contributed by atoms with Crippen molar-refractivity contribution in [2.75, 3.05) is 13.1 Å². The highest BCUT2D eigenvalue weighted by Crippen LogP contribution is 2.16. The fourth-order valence-corrected chi connectivity index (χ4v) is 1.73. The van der Waals surface area contributed by atoms with Gasteiger partial charge in [0, 0.05) is 13.1 Å². The molecule has 1 aromatic heterocycles. The van der Waals surface area contributed by atoms with Crippen molar-refractivity contribution >= 4 is 21.8 Å². The topological polar surface area (TPSA) is 45.5 Å². The summed E-state index contributed by atoms with van der Waals surface area (Å²) in [7, 11) is 0. The first kappa shape index (κ1) is 9.73. The molecule has 1 N–H and O–H groups in total. The summed E-state index contributed by atoms with van der Waals surface area (Å²) in [5.41, 5.74) is 3.04. The number of amides is 1. The van der Waals surface area contributed by atoms with Gasteiger partial charge in [0.05, 0.1) is 0 Å². The number of hydrogen-bond donors (Lipinski definition) is 1. The van der Waals surface area contributed by atoms with Gasteiger partial charge in [-0.3, -0.25) is 9.80 Å². The fraction of sp³-hybridized carbons (Fsp3) is 0.444. The van der Waals surface area contributed by atoms with Crippen molar-refractivity contribution in [1.82, 2.24) is 10.4 Å². The van der Waals surface area contributed by atoms with E-state index in [-0.39, 0.29) is 5.91 Å². The Morgan fingerprint density at radius 2 is 2.36 bits per heavy atom. The van der Waals surface area contributed by atoms with Crippen LogP contribution in [-0.4, -0.2) is 24.0 Å². The van der Waals surface area contributed by atoms with E-state index in [2.05, 4.69) is 21.4 Å². The summed E-state index contributed by atoms with van der Waals surface area (Å²) in [4.78, 5) is 11.8. The maximum Gasteiger partial charge on any atom is 0.303 e. The standard InChI is InChI=1S/C9H11BrN2O2/c10-8-4-3-7(14-8)9(13)12-6-2-1-5-11-12/h3-4,11H,1-2,5-6H2. The lowest BCUT2D eigenvalue weighted by Gasteiger charge is -2.26.